The van der Waals surface area contributed by atoms with Crippen LogP contribution in [0.5, 0.6) is 17.2 Å². The Morgan fingerprint density at radius 1 is 1.07 bits per heavy atom. The number of anilines is 1. The molecule has 1 aromatic heterocycles. The quantitative estimate of drug-likeness (QED) is 0.490. The first-order valence-corrected chi connectivity index (χ1v) is 9.44. The summed E-state index contributed by atoms with van der Waals surface area (Å²) in [4.78, 5) is 17.1. The molecule has 8 heteroatoms. The van der Waals surface area contributed by atoms with E-state index in [1.54, 1.807) is 55.6 Å². The number of nitrogens with one attached hydrogen (secondary N) is 1. The van der Waals surface area contributed by atoms with E-state index >= 15 is 0 Å². The third-order valence-corrected chi connectivity index (χ3v) is 4.97. The molecule has 0 fully saturated rings. The van der Waals surface area contributed by atoms with Gasteiger partial charge in [-0.15, -0.1) is 0 Å². The molecule has 1 amide bonds. The number of halogens is 1. The average molecular weight is 423 g/mol. The molecule has 5 rings (SSSR count). The number of methoxy groups -OCH3 is 1. The SMILES string of the molecule is COc1ccc(-c2nc3cc(NC(=O)c4ccc5c(c4)OCO5)ccc3o2)cc1Cl. The van der Waals surface area contributed by atoms with Gasteiger partial charge >= 0.3 is 0 Å². The number of aromatic nitrogens is 1. The fourth-order valence-electron chi connectivity index (χ4n) is 3.17. The molecule has 0 radical (unpaired) electrons. The van der Waals surface area contributed by atoms with Crippen LogP contribution in [0, 0.1) is 0 Å². The van der Waals surface area contributed by atoms with E-state index in [4.69, 9.17) is 30.2 Å². The number of ether oxygens (including phenoxy) is 3. The molecular formula is C22H15ClN2O5. The zero-order valence-electron chi connectivity index (χ0n) is 15.8. The number of benzene rings is 3. The Balaban J connectivity index is 1.40. The van der Waals surface area contributed by atoms with Crippen molar-refractivity contribution < 1.29 is 23.4 Å². The number of nitrogens with zero attached hydrogens (tertiary/aromatic N) is 1. The Bertz CT molecular complexity index is 1280. The number of oxazole rings is 1. The van der Waals surface area contributed by atoms with Crippen molar-refractivity contribution in [3.05, 3.63) is 65.2 Å². The Morgan fingerprint density at radius 3 is 2.77 bits per heavy atom. The van der Waals surface area contributed by atoms with E-state index in [-0.39, 0.29) is 12.7 Å². The molecule has 0 atom stereocenters. The van der Waals surface area contributed by atoms with Crippen LogP contribution >= 0.6 is 11.6 Å². The van der Waals surface area contributed by atoms with Crippen LogP contribution in [0.1, 0.15) is 10.4 Å². The van der Waals surface area contributed by atoms with Crippen molar-refractivity contribution in [2.45, 2.75) is 0 Å². The van der Waals surface area contributed by atoms with Gasteiger partial charge in [0.1, 0.15) is 11.3 Å². The van der Waals surface area contributed by atoms with E-state index in [9.17, 15) is 4.79 Å². The number of carbonyl (C=O) groups excluding carboxylic acids is 1. The standard InChI is InChI=1S/C22H15ClN2O5/c1-27-17-5-3-13(8-15(17)23)22-25-16-10-14(4-7-18(16)30-22)24-21(26)12-2-6-19-20(9-12)29-11-28-19/h2-10H,11H2,1H3,(H,24,26). The van der Waals surface area contributed by atoms with Crippen LogP contribution < -0.4 is 19.5 Å². The van der Waals surface area contributed by atoms with Crippen molar-refractivity contribution in [2.75, 3.05) is 19.2 Å². The topological polar surface area (TPSA) is 82.8 Å². The highest BCUT2D eigenvalue weighted by molar-refractivity contribution is 6.32. The number of hydrogen-bond donors (Lipinski definition) is 1. The van der Waals surface area contributed by atoms with Gasteiger partial charge in [0.2, 0.25) is 12.7 Å². The zero-order chi connectivity index (χ0) is 20.7. The number of hydrogen-bond acceptors (Lipinski definition) is 6. The Morgan fingerprint density at radius 2 is 1.93 bits per heavy atom. The maximum Gasteiger partial charge on any atom is 0.255 e. The summed E-state index contributed by atoms with van der Waals surface area (Å²) in [6.07, 6.45) is 0. The summed E-state index contributed by atoms with van der Waals surface area (Å²) < 4.78 is 21.6. The van der Waals surface area contributed by atoms with Crippen LogP contribution in [0.3, 0.4) is 0 Å². The lowest BCUT2D eigenvalue weighted by Gasteiger charge is -2.05. The summed E-state index contributed by atoms with van der Waals surface area (Å²) in [5, 5.41) is 3.33. The lowest BCUT2D eigenvalue weighted by molar-refractivity contribution is 0.102. The number of fused-ring (bicyclic) bond motifs is 2. The Kier molecular flexibility index (Phi) is 4.44. The minimum atomic E-state index is -0.265. The molecule has 150 valence electrons. The van der Waals surface area contributed by atoms with Gasteiger partial charge < -0.3 is 23.9 Å². The van der Waals surface area contributed by atoms with Gasteiger partial charge in [-0.1, -0.05) is 11.6 Å². The molecule has 0 saturated carbocycles. The molecular weight excluding hydrogens is 408 g/mol. The molecule has 1 aliphatic heterocycles. The highest BCUT2D eigenvalue weighted by atomic mass is 35.5. The molecule has 30 heavy (non-hydrogen) atoms. The molecule has 3 aromatic carbocycles. The summed E-state index contributed by atoms with van der Waals surface area (Å²) in [5.74, 6) is 1.91. The molecule has 0 saturated heterocycles. The van der Waals surface area contributed by atoms with Gasteiger partial charge in [0, 0.05) is 16.8 Å². The fourth-order valence-corrected chi connectivity index (χ4v) is 3.43. The van der Waals surface area contributed by atoms with E-state index < -0.39 is 0 Å². The molecule has 4 aromatic rings. The molecule has 7 nitrogen and oxygen atoms in total. The Labute approximate surface area is 176 Å². The van der Waals surface area contributed by atoms with E-state index in [1.165, 1.54) is 0 Å². The summed E-state index contributed by atoms with van der Waals surface area (Å²) in [5.41, 5.74) is 2.99. The van der Waals surface area contributed by atoms with E-state index in [0.29, 0.717) is 50.5 Å². The van der Waals surface area contributed by atoms with E-state index in [2.05, 4.69) is 10.3 Å². The minimum absolute atomic E-state index is 0.158. The predicted molar refractivity (Wildman–Crippen MR) is 112 cm³/mol. The van der Waals surface area contributed by atoms with E-state index in [1.807, 2.05) is 6.07 Å². The Hall–Kier alpha value is -3.71. The smallest absolute Gasteiger partial charge is 0.255 e. The van der Waals surface area contributed by atoms with Gasteiger partial charge in [-0.25, -0.2) is 4.98 Å². The largest absolute Gasteiger partial charge is 0.495 e. The van der Waals surface area contributed by atoms with Gasteiger partial charge in [-0.3, -0.25) is 4.79 Å². The lowest BCUT2D eigenvalue weighted by atomic mass is 10.2. The van der Waals surface area contributed by atoms with Crippen molar-refractivity contribution in [3.63, 3.8) is 0 Å². The lowest BCUT2D eigenvalue weighted by Crippen LogP contribution is -2.11. The molecule has 0 spiro atoms. The fraction of sp³-hybridized carbons (Fsp3) is 0.0909. The van der Waals surface area contributed by atoms with Crippen LogP contribution in [0.25, 0.3) is 22.6 Å². The summed E-state index contributed by atoms with van der Waals surface area (Å²) in [6, 6.07) is 15.6. The average Bonchev–Trinajstić information content (AvgIpc) is 3.39. The van der Waals surface area contributed by atoms with Gasteiger partial charge in [0.05, 0.1) is 12.1 Å². The summed E-state index contributed by atoms with van der Waals surface area (Å²) in [7, 11) is 1.56. The summed E-state index contributed by atoms with van der Waals surface area (Å²) in [6.45, 7) is 0.158. The van der Waals surface area contributed by atoms with Crippen LogP contribution in [0.15, 0.2) is 59.0 Å². The molecule has 0 unspecified atom stereocenters. The third kappa shape index (κ3) is 3.29. The van der Waals surface area contributed by atoms with Gasteiger partial charge in [0.25, 0.3) is 5.91 Å². The second kappa shape index (κ2) is 7.27. The van der Waals surface area contributed by atoms with Crippen molar-refractivity contribution >= 4 is 34.3 Å². The normalized spacial score (nSPS) is 12.2. The zero-order valence-corrected chi connectivity index (χ0v) is 16.5. The van der Waals surface area contributed by atoms with Crippen molar-refractivity contribution in [2.24, 2.45) is 0 Å². The predicted octanol–water partition coefficient (Wildman–Crippen LogP) is 5.14. The molecule has 2 heterocycles. The second-order valence-electron chi connectivity index (χ2n) is 6.57. The first-order chi connectivity index (χ1) is 14.6. The minimum Gasteiger partial charge on any atom is -0.495 e. The number of rotatable bonds is 4. The molecule has 1 aliphatic rings. The van der Waals surface area contributed by atoms with Crippen LogP contribution in [0.2, 0.25) is 5.02 Å². The highest BCUT2D eigenvalue weighted by Gasteiger charge is 2.17. The maximum atomic E-state index is 12.6. The number of carbonyl (C=O) groups is 1. The molecule has 1 N–H and O–H groups in total. The number of amides is 1. The van der Waals surface area contributed by atoms with Crippen molar-refractivity contribution in [1.29, 1.82) is 0 Å². The van der Waals surface area contributed by atoms with Gasteiger partial charge in [-0.05, 0) is 54.6 Å². The molecule has 0 aliphatic carbocycles. The van der Waals surface area contributed by atoms with Crippen LogP contribution in [0.4, 0.5) is 5.69 Å². The maximum absolute atomic E-state index is 12.6. The second-order valence-corrected chi connectivity index (χ2v) is 6.98. The van der Waals surface area contributed by atoms with Crippen LogP contribution in [-0.2, 0) is 0 Å². The molecule has 0 bridgehead atoms. The monoisotopic (exact) mass is 422 g/mol. The van der Waals surface area contributed by atoms with E-state index in [0.717, 1.165) is 5.56 Å². The van der Waals surface area contributed by atoms with Crippen LogP contribution in [-0.4, -0.2) is 24.8 Å². The van der Waals surface area contributed by atoms with Gasteiger partial charge in [0.15, 0.2) is 17.1 Å². The highest BCUT2D eigenvalue weighted by Crippen LogP contribution is 2.34. The first-order valence-electron chi connectivity index (χ1n) is 9.06. The first kappa shape index (κ1) is 18.3. The third-order valence-electron chi connectivity index (χ3n) is 4.68. The summed E-state index contributed by atoms with van der Waals surface area (Å²) >= 11 is 6.20. The van der Waals surface area contributed by atoms with Crippen molar-refractivity contribution in [3.8, 4) is 28.7 Å². The van der Waals surface area contributed by atoms with Crippen molar-refractivity contribution in [1.82, 2.24) is 4.98 Å². The van der Waals surface area contributed by atoms with Gasteiger partial charge in [-0.2, -0.15) is 0 Å².